The second kappa shape index (κ2) is 6.36. The summed E-state index contributed by atoms with van der Waals surface area (Å²) >= 11 is 0. The second-order valence-electron chi connectivity index (χ2n) is 6.00. The van der Waals surface area contributed by atoms with Gasteiger partial charge in [-0.15, -0.1) is 0 Å². The number of carbonyl (C=O) groups is 1. The lowest BCUT2D eigenvalue weighted by Gasteiger charge is -2.17. The summed E-state index contributed by atoms with van der Waals surface area (Å²) in [6.07, 6.45) is 8.66. The van der Waals surface area contributed by atoms with E-state index >= 15 is 0 Å². The van der Waals surface area contributed by atoms with Crippen LogP contribution in [-0.4, -0.2) is 25.4 Å². The number of aromatic amines is 1. The molecule has 0 bridgehead atoms. The predicted molar refractivity (Wildman–Crippen MR) is 85.2 cm³/mol. The third-order valence-corrected chi connectivity index (χ3v) is 4.08. The molecule has 7 heteroatoms. The minimum Gasteiger partial charge on any atom is -0.342 e. The van der Waals surface area contributed by atoms with Crippen molar-refractivity contribution in [3.05, 3.63) is 46.2 Å². The zero-order valence-electron chi connectivity index (χ0n) is 13.4. The van der Waals surface area contributed by atoms with Crippen molar-refractivity contribution >= 4 is 5.91 Å². The molecule has 2 aromatic heterocycles. The van der Waals surface area contributed by atoms with E-state index in [-0.39, 0.29) is 17.2 Å². The SMILES string of the molecule is CCC[C@H](NC(=O)c1cnc(C2CC2)[nH]c1=O)c1nccn1C. The van der Waals surface area contributed by atoms with Gasteiger partial charge in [0.2, 0.25) is 0 Å². The Bertz CT molecular complexity index is 760. The monoisotopic (exact) mass is 315 g/mol. The Morgan fingerprint density at radius 1 is 1.48 bits per heavy atom. The molecule has 0 aliphatic heterocycles. The molecule has 7 nitrogen and oxygen atoms in total. The van der Waals surface area contributed by atoms with Crippen LogP contribution in [0, 0.1) is 0 Å². The smallest absolute Gasteiger partial charge is 0.263 e. The predicted octanol–water partition coefficient (Wildman–Crippen LogP) is 1.65. The highest BCUT2D eigenvalue weighted by Gasteiger charge is 2.27. The van der Waals surface area contributed by atoms with Crippen LogP contribution in [0.2, 0.25) is 0 Å². The van der Waals surface area contributed by atoms with Crippen molar-refractivity contribution in [2.75, 3.05) is 0 Å². The molecule has 0 aromatic carbocycles. The maximum atomic E-state index is 12.4. The summed E-state index contributed by atoms with van der Waals surface area (Å²) in [4.78, 5) is 35.8. The molecule has 2 aromatic rings. The first-order valence-electron chi connectivity index (χ1n) is 7.97. The first-order chi connectivity index (χ1) is 11.1. The zero-order valence-corrected chi connectivity index (χ0v) is 13.4. The lowest BCUT2D eigenvalue weighted by molar-refractivity contribution is 0.0930. The van der Waals surface area contributed by atoms with E-state index in [0.29, 0.717) is 11.7 Å². The van der Waals surface area contributed by atoms with Crippen LogP contribution in [0.25, 0.3) is 0 Å². The lowest BCUT2D eigenvalue weighted by Crippen LogP contribution is -2.34. The highest BCUT2D eigenvalue weighted by atomic mass is 16.2. The van der Waals surface area contributed by atoms with Gasteiger partial charge in [0.25, 0.3) is 11.5 Å². The van der Waals surface area contributed by atoms with Gasteiger partial charge < -0.3 is 14.9 Å². The fourth-order valence-electron chi connectivity index (χ4n) is 2.64. The number of nitrogens with zero attached hydrogens (tertiary/aromatic N) is 3. The molecule has 2 N–H and O–H groups in total. The van der Waals surface area contributed by atoms with Crippen LogP contribution in [0.4, 0.5) is 0 Å². The van der Waals surface area contributed by atoms with E-state index < -0.39 is 5.91 Å². The number of H-pyrrole nitrogens is 1. The molecule has 0 spiro atoms. The summed E-state index contributed by atoms with van der Waals surface area (Å²) in [5, 5.41) is 2.90. The van der Waals surface area contributed by atoms with Gasteiger partial charge in [-0.3, -0.25) is 9.59 Å². The minimum atomic E-state index is -0.414. The minimum absolute atomic E-state index is 0.0460. The maximum Gasteiger partial charge on any atom is 0.263 e. The van der Waals surface area contributed by atoms with Gasteiger partial charge >= 0.3 is 0 Å². The van der Waals surface area contributed by atoms with E-state index in [9.17, 15) is 9.59 Å². The summed E-state index contributed by atoms with van der Waals surface area (Å²) in [5.74, 6) is 1.39. The molecule has 122 valence electrons. The molecule has 0 unspecified atom stereocenters. The Morgan fingerprint density at radius 3 is 2.83 bits per heavy atom. The molecule has 0 saturated heterocycles. The van der Waals surface area contributed by atoms with Gasteiger partial charge in [0.15, 0.2) is 0 Å². The molecule has 1 amide bonds. The molecule has 23 heavy (non-hydrogen) atoms. The van der Waals surface area contributed by atoms with Gasteiger partial charge in [0.05, 0.1) is 6.04 Å². The second-order valence-corrected chi connectivity index (χ2v) is 6.00. The summed E-state index contributed by atoms with van der Waals surface area (Å²) in [5.41, 5.74) is -0.334. The summed E-state index contributed by atoms with van der Waals surface area (Å²) in [6, 6.07) is -0.227. The third kappa shape index (κ3) is 3.33. The molecule has 1 atom stereocenters. The van der Waals surface area contributed by atoms with Gasteiger partial charge in [-0.2, -0.15) is 0 Å². The third-order valence-electron chi connectivity index (χ3n) is 4.08. The summed E-state index contributed by atoms with van der Waals surface area (Å²) in [6.45, 7) is 2.04. The fraction of sp³-hybridized carbons (Fsp3) is 0.500. The van der Waals surface area contributed by atoms with Crippen molar-refractivity contribution in [2.24, 2.45) is 7.05 Å². The van der Waals surface area contributed by atoms with Crippen LogP contribution in [0.3, 0.4) is 0 Å². The van der Waals surface area contributed by atoms with Crippen molar-refractivity contribution in [1.82, 2.24) is 24.8 Å². The molecule has 0 radical (unpaired) electrons. The summed E-state index contributed by atoms with van der Waals surface area (Å²) in [7, 11) is 1.88. The first kappa shape index (κ1) is 15.5. The molecular formula is C16H21N5O2. The van der Waals surface area contributed by atoms with E-state index in [0.717, 1.165) is 31.5 Å². The largest absolute Gasteiger partial charge is 0.342 e. The number of aryl methyl sites for hydroxylation is 1. The number of rotatable bonds is 6. The number of aromatic nitrogens is 4. The molecule has 1 fully saturated rings. The first-order valence-corrected chi connectivity index (χ1v) is 7.97. The van der Waals surface area contributed by atoms with Gasteiger partial charge in [-0.1, -0.05) is 13.3 Å². The number of carbonyl (C=O) groups excluding carboxylic acids is 1. The fourth-order valence-corrected chi connectivity index (χ4v) is 2.64. The van der Waals surface area contributed by atoms with Crippen molar-refractivity contribution < 1.29 is 4.79 Å². The summed E-state index contributed by atoms with van der Waals surface area (Å²) < 4.78 is 1.87. The van der Waals surface area contributed by atoms with E-state index in [2.05, 4.69) is 20.3 Å². The number of hydrogen-bond acceptors (Lipinski definition) is 4. The van der Waals surface area contributed by atoms with Crippen molar-refractivity contribution in [1.29, 1.82) is 0 Å². The number of hydrogen-bond donors (Lipinski definition) is 2. The van der Waals surface area contributed by atoms with Crippen LogP contribution >= 0.6 is 0 Å². The number of nitrogens with one attached hydrogen (secondary N) is 2. The van der Waals surface area contributed by atoms with Crippen LogP contribution in [0.15, 0.2) is 23.4 Å². The van der Waals surface area contributed by atoms with Crippen LogP contribution < -0.4 is 10.9 Å². The van der Waals surface area contributed by atoms with Gasteiger partial charge in [-0.25, -0.2) is 9.97 Å². The normalized spacial score (nSPS) is 15.4. The molecule has 2 heterocycles. The van der Waals surface area contributed by atoms with Crippen molar-refractivity contribution in [3.8, 4) is 0 Å². The highest BCUT2D eigenvalue weighted by Crippen LogP contribution is 2.37. The zero-order chi connectivity index (χ0) is 16.4. The van der Waals surface area contributed by atoms with Gasteiger partial charge in [-0.05, 0) is 19.3 Å². The van der Waals surface area contributed by atoms with E-state index in [1.165, 1.54) is 6.20 Å². The van der Waals surface area contributed by atoms with Crippen LogP contribution in [0.5, 0.6) is 0 Å². The molecule has 1 aliphatic rings. The Balaban J connectivity index is 1.79. The average Bonchev–Trinajstić information content (AvgIpc) is 3.28. The topological polar surface area (TPSA) is 92.7 Å². The Kier molecular flexibility index (Phi) is 4.27. The Morgan fingerprint density at radius 2 is 2.26 bits per heavy atom. The molecular weight excluding hydrogens is 294 g/mol. The maximum absolute atomic E-state index is 12.4. The lowest BCUT2D eigenvalue weighted by atomic mass is 10.1. The Labute approximate surface area is 134 Å². The Hall–Kier alpha value is -2.44. The highest BCUT2D eigenvalue weighted by molar-refractivity contribution is 5.93. The average molecular weight is 315 g/mol. The molecule has 1 saturated carbocycles. The van der Waals surface area contributed by atoms with E-state index in [4.69, 9.17) is 0 Å². The molecule has 3 rings (SSSR count). The quantitative estimate of drug-likeness (QED) is 0.847. The van der Waals surface area contributed by atoms with Gasteiger partial charge in [0, 0.05) is 31.6 Å². The van der Waals surface area contributed by atoms with E-state index in [1.807, 2.05) is 24.7 Å². The van der Waals surface area contributed by atoms with Crippen molar-refractivity contribution in [3.63, 3.8) is 0 Å². The van der Waals surface area contributed by atoms with Crippen LogP contribution in [-0.2, 0) is 7.05 Å². The van der Waals surface area contributed by atoms with E-state index in [1.54, 1.807) is 6.20 Å². The number of imidazole rings is 1. The number of amides is 1. The molecule has 1 aliphatic carbocycles. The van der Waals surface area contributed by atoms with Gasteiger partial charge in [0.1, 0.15) is 17.2 Å². The van der Waals surface area contributed by atoms with Crippen LogP contribution in [0.1, 0.15) is 66.6 Å². The standard InChI is InChI=1S/C16H21N5O2/c1-3-4-12(14-17-7-8-21(14)2)19-15(22)11-9-18-13(10-5-6-10)20-16(11)23/h7-10,12H,3-6H2,1-2H3,(H,19,22)(H,18,20,23)/t12-/m0/s1. The van der Waals surface area contributed by atoms with Crippen molar-refractivity contribution in [2.45, 2.75) is 44.6 Å².